The molecule has 0 aromatic carbocycles. The number of nitrogens with zero attached hydrogens (tertiary/aromatic N) is 1. The molecule has 1 aliphatic carbocycles. The minimum Gasteiger partial charge on any atom is -0.377 e. The summed E-state index contributed by atoms with van der Waals surface area (Å²) in [6.45, 7) is 10.6. The number of piperidine rings is 1. The lowest BCUT2D eigenvalue weighted by molar-refractivity contribution is 0.0141. The molecule has 0 aromatic heterocycles. The summed E-state index contributed by atoms with van der Waals surface area (Å²) in [5, 5.41) is 3.15. The van der Waals surface area contributed by atoms with Crippen molar-refractivity contribution in [1.29, 1.82) is 0 Å². The Labute approximate surface area is 131 Å². The highest BCUT2D eigenvalue weighted by Crippen LogP contribution is 2.29. The van der Waals surface area contributed by atoms with Gasteiger partial charge < -0.3 is 15.0 Å². The maximum absolute atomic E-state index is 5.93. The Morgan fingerprint density at radius 1 is 1.05 bits per heavy atom. The van der Waals surface area contributed by atoms with E-state index in [4.69, 9.17) is 4.74 Å². The molecule has 0 aromatic rings. The molecular formula is C18H36N2O. The lowest BCUT2D eigenvalue weighted by atomic mass is 9.84. The van der Waals surface area contributed by atoms with Gasteiger partial charge in [0.25, 0.3) is 0 Å². The number of nitrogens with one attached hydrogen (secondary N) is 1. The molecule has 2 aliphatic rings. The SMILES string of the molecule is CNCCO[C@H]1CC[C@H](CN2CCC(C(C)C)CC2)CC1. The van der Waals surface area contributed by atoms with Gasteiger partial charge in [0.1, 0.15) is 0 Å². The molecule has 1 heterocycles. The van der Waals surface area contributed by atoms with Gasteiger partial charge in [-0.05, 0) is 76.4 Å². The predicted molar refractivity (Wildman–Crippen MR) is 89.6 cm³/mol. The summed E-state index contributed by atoms with van der Waals surface area (Å²) in [6.07, 6.45) is 8.65. The standard InChI is InChI=1S/C18H36N2O/c1-15(2)17-8-11-20(12-9-17)14-16-4-6-18(7-5-16)21-13-10-19-3/h15-19H,4-14H2,1-3H3/t16-,18-. The van der Waals surface area contributed by atoms with Gasteiger partial charge in [-0.3, -0.25) is 0 Å². The summed E-state index contributed by atoms with van der Waals surface area (Å²) in [7, 11) is 1.99. The molecule has 0 atom stereocenters. The highest BCUT2D eigenvalue weighted by Gasteiger charge is 2.26. The summed E-state index contributed by atoms with van der Waals surface area (Å²) in [6, 6.07) is 0. The fourth-order valence-corrected chi connectivity index (χ4v) is 3.98. The molecular weight excluding hydrogens is 260 g/mol. The van der Waals surface area contributed by atoms with Gasteiger partial charge in [0.2, 0.25) is 0 Å². The van der Waals surface area contributed by atoms with Crippen LogP contribution in [0.2, 0.25) is 0 Å². The van der Waals surface area contributed by atoms with E-state index in [2.05, 4.69) is 24.1 Å². The Balaban J connectivity index is 1.59. The van der Waals surface area contributed by atoms with Gasteiger partial charge in [0.05, 0.1) is 12.7 Å². The van der Waals surface area contributed by atoms with Crippen LogP contribution in [0.1, 0.15) is 52.4 Å². The summed E-state index contributed by atoms with van der Waals surface area (Å²) in [5.74, 6) is 2.76. The summed E-state index contributed by atoms with van der Waals surface area (Å²) < 4.78 is 5.93. The van der Waals surface area contributed by atoms with Gasteiger partial charge in [0, 0.05) is 13.1 Å². The van der Waals surface area contributed by atoms with E-state index in [1.54, 1.807) is 0 Å². The predicted octanol–water partition coefficient (Wildman–Crippen LogP) is 3.15. The first-order valence-electron chi connectivity index (χ1n) is 9.17. The van der Waals surface area contributed by atoms with Crippen LogP contribution in [0.25, 0.3) is 0 Å². The number of hydrogen-bond acceptors (Lipinski definition) is 3. The van der Waals surface area contributed by atoms with E-state index in [-0.39, 0.29) is 0 Å². The lowest BCUT2D eigenvalue weighted by Gasteiger charge is -2.37. The van der Waals surface area contributed by atoms with Gasteiger partial charge >= 0.3 is 0 Å². The molecule has 3 nitrogen and oxygen atoms in total. The maximum atomic E-state index is 5.93. The van der Waals surface area contributed by atoms with Crippen LogP contribution in [0.15, 0.2) is 0 Å². The second-order valence-corrected chi connectivity index (χ2v) is 7.50. The molecule has 124 valence electrons. The van der Waals surface area contributed by atoms with Crippen LogP contribution < -0.4 is 5.32 Å². The number of rotatable bonds is 7. The fourth-order valence-electron chi connectivity index (χ4n) is 3.98. The first-order valence-corrected chi connectivity index (χ1v) is 9.17. The van der Waals surface area contributed by atoms with E-state index >= 15 is 0 Å². The minimum atomic E-state index is 0.529. The quantitative estimate of drug-likeness (QED) is 0.730. The molecule has 21 heavy (non-hydrogen) atoms. The van der Waals surface area contributed by atoms with E-state index in [9.17, 15) is 0 Å². The average molecular weight is 296 g/mol. The van der Waals surface area contributed by atoms with Crippen LogP contribution in [0.5, 0.6) is 0 Å². The van der Waals surface area contributed by atoms with Gasteiger partial charge in [-0.1, -0.05) is 13.8 Å². The number of likely N-dealkylation sites (N-methyl/N-ethyl adjacent to an activating group) is 1. The first-order chi connectivity index (χ1) is 10.2. The molecule has 0 bridgehead atoms. The zero-order valence-electron chi connectivity index (χ0n) is 14.4. The lowest BCUT2D eigenvalue weighted by Crippen LogP contribution is -2.39. The Hall–Kier alpha value is -0.120. The van der Waals surface area contributed by atoms with Crippen molar-refractivity contribution in [2.24, 2.45) is 17.8 Å². The fraction of sp³-hybridized carbons (Fsp3) is 1.00. The van der Waals surface area contributed by atoms with E-state index < -0.39 is 0 Å². The normalized spacial score (nSPS) is 29.1. The monoisotopic (exact) mass is 296 g/mol. The third kappa shape index (κ3) is 5.88. The Bertz CT molecular complexity index is 266. The van der Waals surface area contributed by atoms with Crippen molar-refractivity contribution < 1.29 is 4.74 Å². The third-order valence-corrected chi connectivity index (χ3v) is 5.59. The van der Waals surface area contributed by atoms with Gasteiger partial charge in [-0.15, -0.1) is 0 Å². The van der Waals surface area contributed by atoms with Crippen LogP contribution in [-0.4, -0.2) is 50.8 Å². The van der Waals surface area contributed by atoms with Crippen molar-refractivity contribution in [3.63, 3.8) is 0 Å². The molecule has 2 rings (SSSR count). The van der Waals surface area contributed by atoms with Gasteiger partial charge in [-0.25, -0.2) is 0 Å². The molecule has 0 spiro atoms. The molecule has 1 saturated heterocycles. The molecule has 0 amide bonds. The summed E-state index contributed by atoms with van der Waals surface area (Å²) >= 11 is 0. The van der Waals surface area contributed by atoms with Gasteiger partial charge in [-0.2, -0.15) is 0 Å². The van der Waals surface area contributed by atoms with Crippen LogP contribution in [0.3, 0.4) is 0 Å². The van der Waals surface area contributed by atoms with Crippen molar-refractivity contribution in [1.82, 2.24) is 10.2 Å². The molecule has 0 unspecified atom stereocenters. The highest BCUT2D eigenvalue weighted by molar-refractivity contribution is 4.79. The van der Waals surface area contributed by atoms with Crippen molar-refractivity contribution in [2.75, 3.05) is 39.8 Å². The van der Waals surface area contributed by atoms with Crippen molar-refractivity contribution in [3.8, 4) is 0 Å². The molecule has 0 radical (unpaired) electrons. The zero-order chi connectivity index (χ0) is 15.1. The summed E-state index contributed by atoms with van der Waals surface area (Å²) in [5.41, 5.74) is 0. The van der Waals surface area contributed by atoms with Crippen molar-refractivity contribution in [2.45, 2.75) is 58.5 Å². The molecule has 2 fully saturated rings. The zero-order valence-corrected chi connectivity index (χ0v) is 14.4. The third-order valence-electron chi connectivity index (χ3n) is 5.59. The molecule has 1 N–H and O–H groups in total. The Morgan fingerprint density at radius 3 is 2.29 bits per heavy atom. The number of likely N-dealkylation sites (tertiary alicyclic amines) is 1. The second kappa shape index (κ2) is 9.12. The van der Waals surface area contributed by atoms with E-state index in [0.717, 1.165) is 30.9 Å². The maximum Gasteiger partial charge on any atom is 0.0594 e. The highest BCUT2D eigenvalue weighted by atomic mass is 16.5. The summed E-state index contributed by atoms with van der Waals surface area (Å²) in [4.78, 5) is 2.73. The number of ether oxygens (including phenoxy) is 1. The molecule has 1 saturated carbocycles. The van der Waals surface area contributed by atoms with E-state index in [1.807, 2.05) is 7.05 Å². The molecule has 1 aliphatic heterocycles. The van der Waals surface area contributed by atoms with Crippen molar-refractivity contribution in [3.05, 3.63) is 0 Å². The van der Waals surface area contributed by atoms with E-state index in [1.165, 1.54) is 58.2 Å². The van der Waals surface area contributed by atoms with Crippen LogP contribution in [0, 0.1) is 17.8 Å². The second-order valence-electron chi connectivity index (χ2n) is 7.50. The molecule has 3 heteroatoms. The number of hydrogen-bond donors (Lipinski definition) is 1. The average Bonchev–Trinajstić information content (AvgIpc) is 2.50. The minimum absolute atomic E-state index is 0.529. The van der Waals surface area contributed by atoms with Crippen molar-refractivity contribution >= 4 is 0 Å². The Morgan fingerprint density at radius 2 is 1.71 bits per heavy atom. The first kappa shape index (κ1) is 17.2. The largest absolute Gasteiger partial charge is 0.377 e. The smallest absolute Gasteiger partial charge is 0.0594 e. The Kier molecular flexibility index (Phi) is 7.48. The van der Waals surface area contributed by atoms with E-state index in [0.29, 0.717) is 6.10 Å². The topological polar surface area (TPSA) is 24.5 Å². The van der Waals surface area contributed by atoms with Crippen LogP contribution in [0.4, 0.5) is 0 Å². The van der Waals surface area contributed by atoms with Crippen LogP contribution >= 0.6 is 0 Å². The van der Waals surface area contributed by atoms with Crippen LogP contribution in [-0.2, 0) is 4.74 Å². The van der Waals surface area contributed by atoms with Gasteiger partial charge in [0.15, 0.2) is 0 Å².